The lowest BCUT2D eigenvalue weighted by Gasteiger charge is -2.09. The Bertz CT molecular complexity index is 1100. The summed E-state index contributed by atoms with van der Waals surface area (Å²) in [5.74, 6) is -0.244. The van der Waals surface area contributed by atoms with E-state index in [9.17, 15) is 14.4 Å². The maximum atomic E-state index is 13.1. The predicted octanol–water partition coefficient (Wildman–Crippen LogP) is 4.77. The molecule has 0 atom stereocenters. The Hall–Kier alpha value is -2.63. The van der Waals surface area contributed by atoms with Crippen LogP contribution < -0.4 is 5.32 Å². The maximum Gasteiger partial charge on any atom is 0.235 e. The van der Waals surface area contributed by atoms with Crippen molar-refractivity contribution in [1.82, 2.24) is 9.55 Å². The van der Waals surface area contributed by atoms with E-state index in [1.54, 1.807) is 18.3 Å². The monoisotopic (exact) mass is 426 g/mol. The number of thiophene rings is 1. The van der Waals surface area contributed by atoms with Crippen molar-refractivity contribution in [2.75, 3.05) is 11.1 Å². The molecule has 1 aliphatic carbocycles. The van der Waals surface area contributed by atoms with Gasteiger partial charge in [-0.1, -0.05) is 11.8 Å². The molecular weight excluding hydrogens is 407 g/mol. The highest BCUT2D eigenvalue weighted by Crippen LogP contribution is 2.37. The first kappa shape index (κ1) is 19.7. The molecule has 0 spiro atoms. The molecule has 1 aromatic carbocycles. The third-order valence-corrected chi connectivity index (χ3v) is 7.21. The fourth-order valence-corrected chi connectivity index (χ4v) is 5.49. The molecule has 1 amide bonds. The van der Waals surface area contributed by atoms with Gasteiger partial charge in [-0.05, 0) is 61.1 Å². The van der Waals surface area contributed by atoms with E-state index in [-0.39, 0.29) is 17.5 Å². The molecule has 2 aromatic heterocycles. The number of benzene rings is 1. The summed E-state index contributed by atoms with van der Waals surface area (Å²) in [7, 11) is 1.87. The Morgan fingerprint density at radius 2 is 2.10 bits per heavy atom. The van der Waals surface area contributed by atoms with Crippen molar-refractivity contribution >= 4 is 34.0 Å². The van der Waals surface area contributed by atoms with Crippen LogP contribution in [0.5, 0.6) is 0 Å². The number of anilines is 1. The van der Waals surface area contributed by atoms with Crippen LogP contribution in [0.4, 0.5) is 9.39 Å². The third-order valence-electron chi connectivity index (χ3n) is 4.95. The number of nitrogens with one attached hydrogen (secondary N) is 1. The van der Waals surface area contributed by atoms with E-state index in [1.807, 2.05) is 11.6 Å². The van der Waals surface area contributed by atoms with Gasteiger partial charge in [0.15, 0.2) is 5.16 Å². The molecule has 1 N–H and O–H groups in total. The zero-order valence-corrected chi connectivity index (χ0v) is 17.5. The molecule has 0 radical (unpaired) electrons. The second kappa shape index (κ2) is 8.39. The van der Waals surface area contributed by atoms with Crippen molar-refractivity contribution in [1.29, 1.82) is 5.26 Å². The molecule has 4 rings (SSSR count). The number of hydrogen-bond acceptors (Lipinski definition) is 5. The van der Waals surface area contributed by atoms with Crippen LogP contribution in [0.15, 0.2) is 35.6 Å². The van der Waals surface area contributed by atoms with E-state index < -0.39 is 0 Å². The number of amides is 1. The van der Waals surface area contributed by atoms with Crippen LogP contribution in [-0.2, 0) is 24.7 Å². The van der Waals surface area contributed by atoms with Crippen molar-refractivity contribution in [3.05, 3.63) is 52.3 Å². The number of halogens is 1. The molecule has 0 aliphatic heterocycles. The number of thioether (sulfide) groups is 1. The fraction of sp³-hybridized carbons (Fsp3) is 0.286. The van der Waals surface area contributed by atoms with Gasteiger partial charge >= 0.3 is 0 Å². The number of carbonyl (C=O) groups excluding carboxylic acids is 1. The molecule has 29 heavy (non-hydrogen) atoms. The zero-order chi connectivity index (χ0) is 20.4. The van der Waals surface area contributed by atoms with E-state index in [0.29, 0.717) is 15.7 Å². The van der Waals surface area contributed by atoms with E-state index in [1.165, 1.54) is 40.1 Å². The van der Waals surface area contributed by atoms with Gasteiger partial charge in [0.1, 0.15) is 16.9 Å². The molecule has 0 saturated carbocycles. The minimum atomic E-state index is -0.283. The lowest BCUT2D eigenvalue weighted by atomic mass is 9.96. The summed E-state index contributed by atoms with van der Waals surface area (Å²) in [5.41, 5.74) is 3.45. The highest BCUT2D eigenvalue weighted by Gasteiger charge is 2.22. The summed E-state index contributed by atoms with van der Waals surface area (Å²) in [5, 5.41) is 13.8. The molecule has 2 heterocycles. The molecule has 3 aromatic rings. The van der Waals surface area contributed by atoms with E-state index in [4.69, 9.17) is 0 Å². The van der Waals surface area contributed by atoms with Crippen LogP contribution in [-0.4, -0.2) is 21.2 Å². The molecule has 0 bridgehead atoms. The Balaban J connectivity index is 1.43. The van der Waals surface area contributed by atoms with Gasteiger partial charge in [-0.2, -0.15) is 5.26 Å². The highest BCUT2D eigenvalue weighted by molar-refractivity contribution is 7.99. The first-order valence-corrected chi connectivity index (χ1v) is 11.1. The largest absolute Gasteiger partial charge is 0.322 e. The lowest BCUT2D eigenvalue weighted by molar-refractivity contribution is -0.113. The standard InChI is InChI=1S/C21H19FN4OS2/c1-26-17(13-6-8-14(22)9-7-13)11-24-21(26)28-12-19(27)25-20-16(10-23)15-4-2-3-5-18(15)29-20/h6-9,11H,2-5,12H2,1H3,(H,25,27). The number of fused-ring (bicyclic) bond motifs is 1. The Morgan fingerprint density at radius 1 is 1.34 bits per heavy atom. The van der Waals surface area contributed by atoms with E-state index in [2.05, 4.69) is 16.4 Å². The number of rotatable bonds is 5. The van der Waals surface area contributed by atoms with Gasteiger partial charge in [-0.15, -0.1) is 11.3 Å². The quantitative estimate of drug-likeness (QED) is 0.597. The molecule has 8 heteroatoms. The maximum absolute atomic E-state index is 13.1. The molecule has 0 fully saturated rings. The number of imidazole rings is 1. The average Bonchev–Trinajstić information content (AvgIpc) is 3.26. The summed E-state index contributed by atoms with van der Waals surface area (Å²) in [6.45, 7) is 0. The second-order valence-electron chi connectivity index (χ2n) is 6.86. The normalized spacial score (nSPS) is 13.0. The van der Waals surface area contributed by atoms with Gasteiger partial charge in [0.2, 0.25) is 5.91 Å². The van der Waals surface area contributed by atoms with Crippen LogP contribution in [0.2, 0.25) is 0 Å². The van der Waals surface area contributed by atoms with E-state index >= 15 is 0 Å². The van der Waals surface area contributed by atoms with Crippen molar-refractivity contribution in [3.63, 3.8) is 0 Å². The Morgan fingerprint density at radius 3 is 2.86 bits per heavy atom. The van der Waals surface area contributed by atoms with Crippen molar-refractivity contribution in [3.8, 4) is 17.3 Å². The molecule has 148 valence electrons. The third kappa shape index (κ3) is 4.07. The van der Waals surface area contributed by atoms with Gasteiger partial charge in [0.05, 0.1) is 23.2 Å². The number of nitriles is 1. The molecule has 1 aliphatic rings. The molecular formula is C21H19FN4OS2. The first-order valence-electron chi connectivity index (χ1n) is 9.31. The number of aromatic nitrogens is 2. The van der Waals surface area contributed by atoms with Crippen molar-refractivity contribution in [2.24, 2.45) is 7.05 Å². The molecule has 0 unspecified atom stereocenters. The Kier molecular flexibility index (Phi) is 5.69. The van der Waals surface area contributed by atoms with Gasteiger partial charge in [-0.3, -0.25) is 4.79 Å². The van der Waals surface area contributed by atoms with Crippen LogP contribution in [0.25, 0.3) is 11.3 Å². The summed E-state index contributed by atoms with van der Waals surface area (Å²) < 4.78 is 15.0. The van der Waals surface area contributed by atoms with Crippen LogP contribution in [0.1, 0.15) is 28.8 Å². The predicted molar refractivity (Wildman–Crippen MR) is 114 cm³/mol. The first-order chi connectivity index (χ1) is 14.1. The van der Waals surface area contributed by atoms with Crippen LogP contribution in [0, 0.1) is 17.1 Å². The summed E-state index contributed by atoms with van der Waals surface area (Å²) >= 11 is 2.86. The number of hydrogen-bond donors (Lipinski definition) is 1. The number of aryl methyl sites for hydroxylation is 1. The van der Waals surface area contributed by atoms with Crippen molar-refractivity contribution < 1.29 is 9.18 Å². The SMILES string of the molecule is Cn1c(-c2ccc(F)cc2)cnc1SCC(=O)Nc1sc2c(c1C#N)CCCC2. The van der Waals surface area contributed by atoms with E-state index in [0.717, 1.165) is 42.5 Å². The fourth-order valence-electron chi connectivity index (χ4n) is 3.48. The topological polar surface area (TPSA) is 70.7 Å². The van der Waals surface area contributed by atoms with Gasteiger partial charge in [0, 0.05) is 11.9 Å². The summed E-state index contributed by atoms with van der Waals surface area (Å²) in [6.07, 6.45) is 5.85. The number of nitrogens with zero attached hydrogens (tertiary/aromatic N) is 3. The van der Waals surface area contributed by atoms with Crippen molar-refractivity contribution in [2.45, 2.75) is 30.8 Å². The lowest BCUT2D eigenvalue weighted by Crippen LogP contribution is -2.14. The molecule has 5 nitrogen and oxygen atoms in total. The smallest absolute Gasteiger partial charge is 0.235 e. The Labute approximate surface area is 176 Å². The van der Waals surface area contributed by atoms with Crippen LogP contribution in [0.3, 0.4) is 0 Å². The van der Waals surface area contributed by atoms with Gasteiger partial charge in [-0.25, -0.2) is 9.37 Å². The summed E-state index contributed by atoms with van der Waals surface area (Å²) in [4.78, 5) is 18.1. The summed E-state index contributed by atoms with van der Waals surface area (Å²) in [6, 6.07) is 8.50. The van der Waals surface area contributed by atoms with Gasteiger partial charge < -0.3 is 9.88 Å². The van der Waals surface area contributed by atoms with Crippen LogP contribution >= 0.6 is 23.1 Å². The molecule has 0 saturated heterocycles. The highest BCUT2D eigenvalue weighted by atomic mass is 32.2. The second-order valence-corrected chi connectivity index (χ2v) is 8.90. The zero-order valence-electron chi connectivity index (χ0n) is 15.9. The van der Waals surface area contributed by atoms with Gasteiger partial charge in [0.25, 0.3) is 0 Å². The minimum Gasteiger partial charge on any atom is -0.322 e. The average molecular weight is 427 g/mol. The minimum absolute atomic E-state index is 0.156. The number of carbonyl (C=O) groups is 1.